The molecular formula is C12H15F2NO. The monoisotopic (exact) mass is 227 g/mol. The highest BCUT2D eigenvalue weighted by atomic mass is 19.3. The van der Waals surface area contributed by atoms with E-state index < -0.39 is 6.61 Å². The molecule has 0 amide bonds. The largest absolute Gasteiger partial charge is 0.435 e. The van der Waals surface area contributed by atoms with Crippen LogP contribution in [-0.4, -0.2) is 13.2 Å². The molecule has 1 N–H and O–H groups in total. The summed E-state index contributed by atoms with van der Waals surface area (Å²) in [4.78, 5) is 0. The number of likely N-dealkylation sites (N-methyl/N-ethyl adjacent to an activating group) is 1. The second-order valence-corrected chi connectivity index (χ2v) is 3.22. The normalized spacial score (nSPS) is 12.5. The Bertz CT molecular complexity index is 324. The van der Waals surface area contributed by atoms with Crippen LogP contribution < -0.4 is 10.1 Å². The Morgan fingerprint density at radius 3 is 2.44 bits per heavy atom. The lowest BCUT2D eigenvalue weighted by Gasteiger charge is -2.14. The van der Waals surface area contributed by atoms with Crippen molar-refractivity contribution in [3.8, 4) is 5.75 Å². The number of rotatable bonds is 6. The van der Waals surface area contributed by atoms with E-state index in [1.165, 1.54) is 12.1 Å². The van der Waals surface area contributed by atoms with E-state index in [2.05, 4.69) is 16.6 Å². The highest BCUT2D eigenvalue weighted by Gasteiger charge is 2.07. The van der Waals surface area contributed by atoms with Gasteiger partial charge in [0.05, 0.1) is 6.04 Å². The first kappa shape index (κ1) is 12.6. The lowest BCUT2D eigenvalue weighted by atomic mass is 10.1. The van der Waals surface area contributed by atoms with Gasteiger partial charge >= 0.3 is 6.61 Å². The highest BCUT2D eigenvalue weighted by molar-refractivity contribution is 5.30. The van der Waals surface area contributed by atoms with Crippen molar-refractivity contribution in [1.82, 2.24) is 5.32 Å². The second kappa shape index (κ2) is 6.23. The maximum absolute atomic E-state index is 11.9. The summed E-state index contributed by atoms with van der Waals surface area (Å²) in [6.45, 7) is 3.73. The van der Waals surface area contributed by atoms with Crippen LogP contribution >= 0.6 is 0 Å². The number of benzene rings is 1. The molecular weight excluding hydrogens is 212 g/mol. The van der Waals surface area contributed by atoms with Crippen LogP contribution in [0.25, 0.3) is 0 Å². The first-order chi connectivity index (χ1) is 7.67. The topological polar surface area (TPSA) is 21.3 Å². The number of alkyl halides is 2. The van der Waals surface area contributed by atoms with Crippen LogP contribution in [0.2, 0.25) is 0 Å². The molecule has 0 aliphatic rings. The van der Waals surface area contributed by atoms with Gasteiger partial charge in [-0.3, -0.25) is 0 Å². The SMILES string of the molecule is C=CC(NCC)c1ccc(OC(F)F)cc1. The molecule has 1 atom stereocenters. The maximum atomic E-state index is 11.9. The summed E-state index contributed by atoms with van der Waals surface area (Å²) in [5.74, 6) is 0.165. The zero-order valence-electron chi connectivity index (χ0n) is 9.12. The van der Waals surface area contributed by atoms with E-state index in [1.807, 2.05) is 6.92 Å². The Morgan fingerprint density at radius 2 is 2.00 bits per heavy atom. The quantitative estimate of drug-likeness (QED) is 0.754. The van der Waals surface area contributed by atoms with Crippen molar-refractivity contribution in [3.63, 3.8) is 0 Å². The van der Waals surface area contributed by atoms with Gasteiger partial charge in [-0.05, 0) is 24.2 Å². The average Bonchev–Trinajstić information content (AvgIpc) is 2.26. The third-order valence-corrected chi connectivity index (χ3v) is 2.12. The van der Waals surface area contributed by atoms with E-state index in [1.54, 1.807) is 18.2 Å². The molecule has 0 fully saturated rings. The van der Waals surface area contributed by atoms with E-state index in [-0.39, 0.29) is 11.8 Å². The minimum absolute atomic E-state index is 0.0330. The summed E-state index contributed by atoms with van der Waals surface area (Å²) < 4.78 is 28.1. The van der Waals surface area contributed by atoms with Gasteiger partial charge in [-0.25, -0.2) is 0 Å². The predicted molar refractivity (Wildman–Crippen MR) is 59.7 cm³/mol. The van der Waals surface area contributed by atoms with Gasteiger partial charge in [-0.2, -0.15) is 8.78 Å². The molecule has 4 heteroatoms. The van der Waals surface area contributed by atoms with E-state index in [0.717, 1.165) is 12.1 Å². The molecule has 2 nitrogen and oxygen atoms in total. The third-order valence-electron chi connectivity index (χ3n) is 2.12. The molecule has 0 heterocycles. The molecule has 16 heavy (non-hydrogen) atoms. The van der Waals surface area contributed by atoms with Gasteiger partial charge in [-0.15, -0.1) is 6.58 Å². The Labute approximate surface area is 93.9 Å². The molecule has 0 spiro atoms. The minimum Gasteiger partial charge on any atom is -0.435 e. The fourth-order valence-electron chi connectivity index (χ4n) is 1.41. The molecule has 0 aliphatic heterocycles. The van der Waals surface area contributed by atoms with Gasteiger partial charge in [0.25, 0.3) is 0 Å². The number of nitrogens with one attached hydrogen (secondary N) is 1. The Balaban J connectivity index is 2.72. The molecule has 0 saturated carbocycles. The highest BCUT2D eigenvalue weighted by Crippen LogP contribution is 2.19. The van der Waals surface area contributed by atoms with Crippen LogP contribution in [0, 0.1) is 0 Å². The van der Waals surface area contributed by atoms with Gasteiger partial charge in [-0.1, -0.05) is 25.1 Å². The molecule has 1 aromatic rings. The van der Waals surface area contributed by atoms with Crippen molar-refractivity contribution >= 4 is 0 Å². The first-order valence-corrected chi connectivity index (χ1v) is 5.08. The summed E-state index contributed by atoms with van der Waals surface area (Å²) in [6.07, 6.45) is 1.77. The van der Waals surface area contributed by atoms with E-state index in [9.17, 15) is 8.78 Å². The van der Waals surface area contributed by atoms with E-state index in [0.29, 0.717) is 0 Å². The van der Waals surface area contributed by atoms with Gasteiger partial charge in [0.1, 0.15) is 5.75 Å². The molecule has 88 valence electrons. The van der Waals surface area contributed by atoms with Gasteiger partial charge < -0.3 is 10.1 Å². The van der Waals surface area contributed by atoms with Gasteiger partial charge in [0, 0.05) is 0 Å². The van der Waals surface area contributed by atoms with Crippen molar-refractivity contribution < 1.29 is 13.5 Å². The zero-order valence-corrected chi connectivity index (χ0v) is 9.12. The Kier molecular flexibility index (Phi) is 4.92. The van der Waals surface area contributed by atoms with Crippen LogP contribution in [0.3, 0.4) is 0 Å². The molecule has 1 unspecified atom stereocenters. The average molecular weight is 227 g/mol. The second-order valence-electron chi connectivity index (χ2n) is 3.22. The van der Waals surface area contributed by atoms with E-state index >= 15 is 0 Å². The van der Waals surface area contributed by atoms with Gasteiger partial charge in [0.15, 0.2) is 0 Å². The Morgan fingerprint density at radius 1 is 1.38 bits per heavy atom. The summed E-state index contributed by atoms with van der Waals surface area (Å²) in [5.41, 5.74) is 0.971. The van der Waals surface area contributed by atoms with Crippen molar-refractivity contribution in [1.29, 1.82) is 0 Å². The van der Waals surface area contributed by atoms with Crippen LogP contribution in [0.4, 0.5) is 8.78 Å². The number of halogens is 2. The van der Waals surface area contributed by atoms with Crippen LogP contribution in [0.5, 0.6) is 5.75 Å². The standard InChI is InChI=1S/C12H15F2NO/c1-3-11(15-4-2)9-5-7-10(8-6-9)16-12(13)14/h3,5-8,11-12,15H,1,4H2,2H3. The first-order valence-electron chi connectivity index (χ1n) is 5.08. The molecule has 0 aliphatic carbocycles. The number of hydrogen-bond acceptors (Lipinski definition) is 2. The van der Waals surface area contributed by atoms with Crippen molar-refractivity contribution in [3.05, 3.63) is 42.5 Å². The summed E-state index contributed by atoms with van der Waals surface area (Å²) in [7, 11) is 0. The number of hydrogen-bond donors (Lipinski definition) is 1. The van der Waals surface area contributed by atoms with Gasteiger partial charge in [0.2, 0.25) is 0 Å². The molecule has 0 aromatic heterocycles. The van der Waals surface area contributed by atoms with Crippen molar-refractivity contribution in [2.24, 2.45) is 0 Å². The number of ether oxygens (including phenoxy) is 1. The Hall–Kier alpha value is -1.42. The maximum Gasteiger partial charge on any atom is 0.387 e. The van der Waals surface area contributed by atoms with Crippen LogP contribution in [0.1, 0.15) is 18.5 Å². The smallest absolute Gasteiger partial charge is 0.387 e. The molecule has 0 saturated heterocycles. The van der Waals surface area contributed by atoms with Crippen molar-refractivity contribution in [2.45, 2.75) is 19.6 Å². The van der Waals surface area contributed by atoms with Crippen molar-refractivity contribution in [2.75, 3.05) is 6.54 Å². The zero-order chi connectivity index (χ0) is 12.0. The fraction of sp³-hybridized carbons (Fsp3) is 0.333. The molecule has 1 aromatic carbocycles. The van der Waals surface area contributed by atoms with Crippen LogP contribution in [0.15, 0.2) is 36.9 Å². The van der Waals surface area contributed by atoms with E-state index in [4.69, 9.17) is 0 Å². The molecule has 1 rings (SSSR count). The summed E-state index contributed by atoms with van der Waals surface area (Å²) in [6, 6.07) is 6.56. The molecule has 0 bridgehead atoms. The third kappa shape index (κ3) is 3.62. The lowest BCUT2D eigenvalue weighted by molar-refractivity contribution is -0.0498. The predicted octanol–water partition coefficient (Wildman–Crippen LogP) is 3.12. The minimum atomic E-state index is -2.78. The summed E-state index contributed by atoms with van der Waals surface area (Å²) in [5, 5.41) is 3.20. The fourth-order valence-corrected chi connectivity index (χ4v) is 1.41. The molecule has 0 radical (unpaired) electrons. The summed E-state index contributed by atoms with van der Waals surface area (Å²) >= 11 is 0. The van der Waals surface area contributed by atoms with Crippen LogP contribution in [-0.2, 0) is 0 Å². The lowest BCUT2D eigenvalue weighted by Crippen LogP contribution is -2.18.